The molecule has 3 atom stereocenters. The number of hydrogen-bond acceptors (Lipinski definition) is 7. The molecule has 2 N–H and O–H groups in total. The number of aliphatic carboxylic acids is 1. The van der Waals surface area contributed by atoms with E-state index in [-0.39, 0.29) is 17.9 Å². The Kier molecular flexibility index (Phi) is 7.99. The van der Waals surface area contributed by atoms with Crippen molar-refractivity contribution >= 4 is 21.8 Å². The summed E-state index contributed by atoms with van der Waals surface area (Å²) in [6.07, 6.45) is -3.08. The van der Waals surface area contributed by atoms with Crippen LogP contribution in [0, 0.1) is 12.8 Å². The number of carboxylic acids is 1. The number of fused-ring (bicyclic) bond motifs is 1. The summed E-state index contributed by atoms with van der Waals surface area (Å²) >= 11 is 0. The fourth-order valence-corrected chi connectivity index (χ4v) is 4.21. The average Bonchev–Trinajstić information content (AvgIpc) is 2.68. The van der Waals surface area contributed by atoms with E-state index in [1.807, 2.05) is 19.1 Å². The third kappa shape index (κ3) is 6.77. The van der Waals surface area contributed by atoms with Gasteiger partial charge in [-0.2, -0.15) is 18.3 Å². The van der Waals surface area contributed by atoms with E-state index in [0.717, 1.165) is 30.9 Å². The summed E-state index contributed by atoms with van der Waals surface area (Å²) in [5.41, 5.74) is 0.868. The largest absolute Gasteiger partial charge is 0.490 e. The topological polar surface area (TPSA) is 122 Å². The Labute approximate surface area is 172 Å². The van der Waals surface area contributed by atoms with Crippen molar-refractivity contribution in [2.24, 2.45) is 5.92 Å². The highest BCUT2D eigenvalue weighted by Crippen LogP contribution is 2.30. The monoisotopic (exact) mass is 454 g/mol. The molecule has 0 unspecified atom stereocenters. The molecule has 0 amide bonds. The molecule has 3 rings (SSSR count). The van der Waals surface area contributed by atoms with Gasteiger partial charge in [-0.3, -0.25) is 0 Å². The van der Waals surface area contributed by atoms with E-state index < -0.39 is 22.2 Å². The molecule has 2 aliphatic rings. The minimum absolute atomic E-state index is 0.0558. The molecule has 2 fully saturated rings. The summed E-state index contributed by atoms with van der Waals surface area (Å²) in [4.78, 5) is 11.0. The van der Waals surface area contributed by atoms with Crippen molar-refractivity contribution in [1.29, 1.82) is 0 Å². The number of hydrogen-bond donors (Lipinski definition) is 2. The van der Waals surface area contributed by atoms with Gasteiger partial charge in [0.2, 0.25) is 10.0 Å². The molecule has 0 spiro atoms. The van der Waals surface area contributed by atoms with Crippen LogP contribution < -0.4 is 9.62 Å². The van der Waals surface area contributed by atoms with Crippen molar-refractivity contribution in [3.63, 3.8) is 0 Å². The SMILES string of the molecule is CCS(=O)(=O)N[C@@H]1CN(c2ccc(C)nn2)C[C@@H]2CCCO[C@@H]21.O=C(O)C(F)(F)F. The van der Waals surface area contributed by atoms with Gasteiger partial charge in [-0.1, -0.05) is 0 Å². The fourth-order valence-electron chi connectivity index (χ4n) is 3.37. The smallest absolute Gasteiger partial charge is 0.475 e. The minimum Gasteiger partial charge on any atom is -0.475 e. The Hall–Kier alpha value is -1.99. The van der Waals surface area contributed by atoms with Gasteiger partial charge in [-0.15, -0.1) is 5.10 Å². The molecule has 1 aromatic heterocycles. The predicted octanol–water partition coefficient (Wildman–Crippen LogP) is 1.34. The van der Waals surface area contributed by atoms with Crippen LogP contribution in [0.1, 0.15) is 25.5 Å². The quantitative estimate of drug-likeness (QED) is 0.699. The third-order valence-electron chi connectivity index (χ3n) is 4.82. The number of anilines is 1. The lowest BCUT2D eigenvalue weighted by Crippen LogP contribution is -2.61. The number of piperidine rings is 1. The number of sulfonamides is 1. The van der Waals surface area contributed by atoms with Crippen LogP contribution in [0.3, 0.4) is 0 Å². The molecule has 0 aliphatic carbocycles. The van der Waals surface area contributed by atoms with Crippen molar-refractivity contribution in [2.75, 3.05) is 30.3 Å². The summed E-state index contributed by atoms with van der Waals surface area (Å²) in [5, 5.41) is 15.5. The molecule has 170 valence electrons. The van der Waals surface area contributed by atoms with E-state index in [0.29, 0.717) is 19.1 Å². The van der Waals surface area contributed by atoms with E-state index in [9.17, 15) is 21.6 Å². The van der Waals surface area contributed by atoms with Gasteiger partial charge in [0.25, 0.3) is 0 Å². The van der Waals surface area contributed by atoms with Gasteiger partial charge < -0.3 is 14.7 Å². The lowest BCUT2D eigenvalue weighted by atomic mass is 9.86. The maximum Gasteiger partial charge on any atom is 0.490 e. The Balaban J connectivity index is 0.000000396. The Morgan fingerprint density at radius 2 is 2.00 bits per heavy atom. The van der Waals surface area contributed by atoms with E-state index in [4.69, 9.17) is 14.6 Å². The van der Waals surface area contributed by atoms with Crippen LogP contribution in [0.15, 0.2) is 12.1 Å². The van der Waals surface area contributed by atoms with Crippen LogP contribution in [0.5, 0.6) is 0 Å². The Morgan fingerprint density at radius 3 is 2.53 bits per heavy atom. The van der Waals surface area contributed by atoms with Gasteiger partial charge in [0.1, 0.15) is 0 Å². The summed E-state index contributed by atoms with van der Waals surface area (Å²) in [7, 11) is -3.27. The maximum atomic E-state index is 12.0. The first-order valence-corrected chi connectivity index (χ1v) is 11.0. The standard InChI is InChI=1S/C15H24N4O3S.C2HF3O2/c1-3-23(20,21)18-13-10-19(14-7-6-11(2)16-17-14)9-12-5-4-8-22-15(12)13;3-2(4,5)1(6)7/h6-7,12-13,15,18H,3-5,8-10H2,1-2H3;(H,6,7)/t12-,13+,15-;/m0./s1. The molecule has 2 saturated heterocycles. The highest BCUT2D eigenvalue weighted by molar-refractivity contribution is 7.89. The van der Waals surface area contributed by atoms with Gasteiger partial charge >= 0.3 is 12.1 Å². The number of nitrogens with zero attached hydrogens (tertiary/aromatic N) is 3. The van der Waals surface area contributed by atoms with E-state index >= 15 is 0 Å². The van der Waals surface area contributed by atoms with Crippen LogP contribution in [-0.2, 0) is 19.6 Å². The predicted molar refractivity (Wildman–Crippen MR) is 102 cm³/mol. The first-order chi connectivity index (χ1) is 13.9. The number of carboxylic acid groups (broad SMARTS) is 1. The van der Waals surface area contributed by atoms with Crippen molar-refractivity contribution in [1.82, 2.24) is 14.9 Å². The van der Waals surface area contributed by atoms with Crippen LogP contribution >= 0.6 is 0 Å². The molecular formula is C17H25F3N4O5S. The van der Waals surface area contributed by atoms with E-state index in [2.05, 4.69) is 19.8 Å². The maximum absolute atomic E-state index is 12.0. The zero-order valence-electron chi connectivity index (χ0n) is 16.6. The molecular weight excluding hydrogens is 429 g/mol. The minimum atomic E-state index is -5.08. The second-order valence-corrected chi connectivity index (χ2v) is 9.15. The van der Waals surface area contributed by atoms with Gasteiger partial charge in [-0.05, 0) is 38.8 Å². The second kappa shape index (κ2) is 9.88. The van der Waals surface area contributed by atoms with Crippen LogP contribution in [0.25, 0.3) is 0 Å². The molecule has 0 bridgehead atoms. The molecule has 9 nitrogen and oxygen atoms in total. The highest BCUT2D eigenvalue weighted by atomic mass is 32.2. The van der Waals surface area contributed by atoms with Gasteiger partial charge in [0, 0.05) is 25.6 Å². The fraction of sp³-hybridized carbons (Fsp3) is 0.706. The molecule has 0 saturated carbocycles. The van der Waals surface area contributed by atoms with Crippen LogP contribution in [-0.4, -0.2) is 73.5 Å². The lowest BCUT2D eigenvalue weighted by molar-refractivity contribution is -0.192. The van der Waals surface area contributed by atoms with E-state index in [1.54, 1.807) is 6.92 Å². The van der Waals surface area contributed by atoms with Crippen molar-refractivity contribution in [2.45, 2.75) is 45.0 Å². The van der Waals surface area contributed by atoms with Crippen LogP contribution in [0.4, 0.5) is 19.0 Å². The molecule has 1 aromatic rings. The third-order valence-corrected chi connectivity index (χ3v) is 6.25. The number of ether oxygens (including phenoxy) is 1. The Morgan fingerprint density at radius 1 is 1.33 bits per heavy atom. The molecule has 0 radical (unpaired) electrons. The number of carbonyl (C=O) groups is 1. The lowest BCUT2D eigenvalue weighted by Gasteiger charge is -2.46. The molecule has 30 heavy (non-hydrogen) atoms. The van der Waals surface area contributed by atoms with Crippen molar-refractivity contribution in [3.8, 4) is 0 Å². The van der Waals surface area contributed by atoms with Crippen molar-refractivity contribution < 1.29 is 36.2 Å². The van der Waals surface area contributed by atoms with Gasteiger partial charge in [0.05, 0.1) is 23.6 Å². The summed E-state index contributed by atoms with van der Waals surface area (Å²) < 4.78 is 64.5. The number of nitrogens with one attached hydrogen (secondary N) is 1. The van der Waals surface area contributed by atoms with Gasteiger partial charge in [-0.25, -0.2) is 17.9 Å². The molecule has 0 aromatic carbocycles. The summed E-state index contributed by atoms with van der Waals surface area (Å²) in [5.74, 6) is -1.58. The zero-order chi connectivity index (χ0) is 22.5. The first kappa shape index (κ1) is 24.3. The summed E-state index contributed by atoms with van der Waals surface area (Å²) in [6, 6.07) is 3.62. The van der Waals surface area contributed by atoms with Crippen molar-refractivity contribution in [3.05, 3.63) is 17.8 Å². The number of aryl methyl sites for hydroxylation is 1. The average molecular weight is 454 g/mol. The number of alkyl halides is 3. The normalized spacial score (nSPS) is 24.4. The zero-order valence-corrected chi connectivity index (χ0v) is 17.4. The second-order valence-electron chi connectivity index (χ2n) is 7.11. The first-order valence-electron chi connectivity index (χ1n) is 9.40. The van der Waals surface area contributed by atoms with Crippen LogP contribution in [0.2, 0.25) is 0 Å². The number of rotatable bonds is 4. The summed E-state index contributed by atoms with van der Waals surface area (Å²) in [6.45, 7) is 5.63. The number of halogens is 3. The van der Waals surface area contributed by atoms with E-state index in [1.165, 1.54) is 0 Å². The highest BCUT2D eigenvalue weighted by Gasteiger charge is 2.41. The number of aromatic nitrogens is 2. The Bertz CT molecular complexity index is 820. The molecule has 13 heteroatoms. The molecule has 3 heterocycles. The van der Waals surface area contributed by atoms with Gasteiger partial charge in [0.15, 0.2) is 5.82 Å². The molecule has 2 aliphatic heterocycles.